The van der Waals surface area contributed by atoms with Gasteiger partial charge < -0.3 is 15.1 Å². The Kier molecular flexibility index (Phi) is 2.85. The van der Waals surface area contributed by atoms with Gasteiger partial charge in [-0.25, -0.2) is 14.2 Å². The summed E-state index contributed by atoms with van der Waals surface area (Å²) in [5.74, 6) is 0.0207. The van der Waals surface area contributed by atoms with Crippen molar-refractivity contribution >= 4 is 27.8 Å². The molecule has 2 aliphatic heterocycles. The number of hydrogen-bond acceptors (Lipinski definition) is 3. The zero-order valence-electron chi connectivity index (χ0n) is 9.57. The van der Waals surface area contributed by atoms with E-state index in [0.717, 1.165) is 0 Å². The molecule has 3 heterocycles. The summed E-state index contributed by atoms with van der Waals surface area (Å²) in [6.45, 7) is 2.45. The van der Waals surface area contributed by atoms with Crippen LogP contribution in [-0.4, -0.2) is 48.1 Å². The molecule has 0 spiro atoms. The number of pyridine rings is 1. The summed E-state index contributed by atoms with van der Waals surface area (Å²) in [6, 6.07) is 1.49. The van der Waals surface area contributed by atoms with Gasteiger partial charge in [-0.05, 0) is 22.0 Å². The molecule has 7 heteroatoms. The summed E-state index contributed by atoms with van der Waals surface area (Å²) in [7, 11) is 0. The van der Waals surface area contributed by atoms with Crippen molar-refractivity contribution in [1.82, 2.24) is 15.2 Å². The SMILES string of the molecule is O=C1NCC2CN(c3ncc(Br)cc3F)CCN12. The quantitative estimate of drug-likeness (QED) is 0.847. The largest absolute Gasteiger partial charge is 0.350 e. The predicted molar refractivity (Wildman–Crippen MR) is 68.0 cm³/mol. The van der Waals surface area contributed by atoms with Crippen molar-refractivity contribution < 1.29 is 9.18 Å². The van der Waals surface area contributed by atoms with Crippen molar-refractivity contribution in [2.45, 2.75) is 6.04 Å². The molecule has 18 heavy (non-hydrogen) atoms. The van der Waals surface area contributed by atoms with E-state index in [1.807, 2.05) is 4.90 Å². The third-order valence-electron chi connectivity index (χ3n) is 3.32. The van der Waals surface area contributed by atoms with Gasteiger partial charge in [-0.1, -0.05) is 0 Å². The Morgan fingerprint density at radius 3 is 3.11 bits per heavy atom. The molecule has 5 nitrogen and oxygen atoms in total. The van der Waals surface area contributed by atoms with E-state index in [1.54, 1.807) is 11.1 Å². The number of urea groups is 1. The van der Waals surface area contributed by atoms with E-state index in [1.165, 1.54) is 6.07 Å². The summed E-state index contributed by atoms with van der Waals surface area (Å²) >= 11 is 3.19. The van der Waals surface area contributed by atoms with Crippen LogP contribution in [0.15, 0.2) is 16.7 Å². The summed E-state index contributed by atoms with van der Waals surface area (Å²) in [5, 5.41) is 2.80. The van der Waals surface area contributed by atoms with Crippen LogP contribution in [0.25, 0.3) is 0 Å². The maximum Gasteiger partial charge on any atom is 0.317 e. The molecule has 0 bridgehead atoms. The van der Waals surface area contributed by atoms with Crippen molar-refractivity contribution in [3.63, 3.8) is 0 Å². The standard InChI is InChI=1S/C11H12BrFN4O/c12-7-3-9(13)10(14-4-7)16-1-2-17-8(6-16)5-15-11(17)18/h3-4,8H,1-2,5-6H2,(H,15,18). The van der Waals surface area contributed by atoms with Crippen molar-refractivity contribution in [2.24, 2.45) is 0 Å². The van der Waals surface area contributed by atoms with Crippen LogP contribution in [0.4, 0.5) is 15.0 Å². The van der Waals surface area contributed by atoms with Crippen molar-refractivity contribution in [3.05, 3.63) is 22.6 Å². The summed E-state index contributed by atoms with van der Waals surface area (Å²) in [4.78, 5) is 19.3. The number of aromatic nitrogens is 1. The van der Waals surface area contributed by atoms with Gasteiger partial charge in [0.25, 0.3) is 0 Å². The van der Waals surface area contributed by atoms with E-state index >= 15 is 0 Å². The molecule has 1 N–H and O–H groups in total. The molecule has 1 atom stereocenters. The van der Waals surface area contributed by atoms with Gasteiger partial charge >= 0.3 is 6.03 Å². The number of nitrogens with zero attached hydrogens (tertiary/aromatic N) is 3. The number of amides is 2. The molecule has 0 radical (unpaired) electrons. The van der Waals surface area contributed by atoms with E-state index < -0.39 is 0 Å². The van der Waals surface area contributed by atoms with Gasteiger partial charge in [0.05, 0.1) is 6.04 Å². The molecule has 2 amide bonds. The van der Waals surface area contributed by atoms with E-state index in [-0.39, 0.29) is 17.9 Å². The lowest BCUT2D eigenvalue weighted by atomic mass is 10.2. The second-order valence-corrected chi connectivity index (χ2v) is 5.35. The molecule has 1 aromatic heterocycles. The second-order valence-electron chi connectivity index (χ2n) is 4.44. The second kappa shape index (κ2) is 4.38. The summed E-state index contributed by atoms with van der Waals surface area (Å²) < 4.78 is 14.5. The van der Waals surface area contributed by atoms with Crippen molar-refractivity contribution in [2.75, 3.05) is 31.1 Å². The maximum atomic E-state index is 13.8. The summed E-state index contributed by atoms with van der Waals surface area (Å²) in [5.41, 5.74) is 0. The fourth-order valence-corrected chi connectivity index (χ4v) is 2.74. The van der Waals surface area contributed by atoms with Gasteiger partial charge in [0.1, 0.15) is 0 Å². The smallest absolute Gasteiger partial charge is 0.317 e. The van der Waals surface area contributed by atoms with Gasteiger partial charge in [0.2, 0.25) is 0 Å². The molecule has 2 saturated heterocycles. The van der Waals surface area contributed by atoms with Crippen LogP contribution in [-0.2, 0) is 0 Å². The number of fused-ring (bicyclic) bond motifs is 1. The minimum Gasteiger partial charge on any atom is -0.350 e. The Balaban J connectivity index is 1.80. The maximum absolute atomic E-state index is 13.8. The lowest BCUT2D eigenvalue weighted by molar-refractivity contribution is 0.197. The molecule has 0 aliphatic carbocycles. The molecule has 96 valence electrons. The molecule has 1 aromatic rings. The van der Waals surface area contributed by atoms with Gasteiger partial charge in [0.15, 0.2) is 11.6 Å². The average Bonchev–Trinajstić information content (AvgIpc) is 2.71. The van der Waals surface area contributed by atoms with E-state index in [2.05, 4.69) is 26.2 Å². The number of anilines is 1. The van der Waals surface area contributed by atoms with Crippen LogP contribution in [0.3, 0.4) is 0 Å². The first kappa shape index (κ1) is 11.7. The van der Waals surface area contributed by atoms with Crippen LogP contribution in [0.5, 0.6) is 0 Å². The lowest BCUT2D eigenvalue weighted by Crippen LogP contribution is -2.52. The lowest BCUT2D eigenvalue weighted by Gasteiger charge is -2.37. The number of nitrogens with one attached hydrogen (secondary N) is 1. The number of carbonyl (C=O) groups is 1. The highest BCUT2D eigenvalue weighted by Gasteiger charge is 2.36. The van der Waals surface area contributed by atoms with Crippen molar-refractivity contribution in [1.29, 1.82) is 0 Å². The Morgan fingerprint density at radius 2 is 2.33 bits per heavy atom. The monoisotopic (exact) mass is 314 g/mol. The average molecular weight is 315 g/mol. The number of hydrogen-bond donors (Lipinski definition) is 1. The summed E-state index contributed by atoms with van der Waals surface area (Å²) in [6.07, 6.45) is 1.59. The Hall–Kier alpha value is -1.37. The molecule has 2 aliphatic rings. The zero-order valence-corrected chi connectivity index (χ0v) is 11.2. The highest BCUT2D eigenvalue weighted by atomic mass is 79.9. The van der Waals surface area contributed by atoms with Crippen LogP contribution in [0.1, 0.15) is 0 Å². The van der Waals surface area contributed by atoms with Gasteiger partial charge in [-0.3, -0.25) is 0 Å². The highest BCUT2D eigenvalue weighted by Crippen LogP contribution is 2.23. The number of carbonyl (C=O) groups excluding carboxylic acids is 1. The fraction of sp³-hybridized carbons (Fsp3) is 0.455. The third-order valence-corrected chi connectivity index (χ3v) is 3.75. The Bertz CT molecular complexity index is 498. The molecule has 2 fully saturated rings. The van der Waals surface area contributed by atoms with Crippen LogP contribution in [0, 0.1) is 5.82 Å². The third kappa shape index (κ3) is 1.92. The minimum absolute atomic E-state index is 0.0242. The van der Waals surface area contributed by atoms with E-state index in [0.29, 0.717) is 36.5 Å². The molecule has 0 saturated carbocycles. The Labute approximate surface area is 112 Å². The number of rotatable bonds is 1. The van der Waals surface area contributed by atoms with Crippen LogP contribution < -0.4 is 10.2 Å². The zero-order chi connectivity index (χ0) is 12.7. The van der Waals surface area contributed by atoms with E-state index in [4.69, 9.17) is 0 Å². The molecule has 3 rings (SSSR count). The fourth-order valence-electron chi connectivity index (χ4n) is 2.44. The van der Waals surface area contributed by atoms with Gasteiger partial charge in [0, 0.05) is 36.8 Å². The molecule has 1 unspecified atom stereocenters. The van der Waals surface area contributed by atoms with Gasteiger partial charge in [-0.15, -0.1) is 0 Å². The highest BCUT2D eigenvalue weighted by molar-refractivity contribution is 9.10. The molecular weight excluding hydrogens is 303 g/mol. The number of piperazine rings is 1. The first-order valence-electron chi connectivity index (χ1n) is 5.75. The molecule has 0 aromatic carbocycles. The predicted octanol–water partition coefficient (Wildman–Crippen LogP) is 1.20. The van der Waals surface area contributed by atoms with E-state index in [9.17, 15) is 9.18 Å². The normalized spacial score (nSPS) is 23.0. The first-order valence-corrected chi connectivity index (χ1v) is 6.55. The Morgan fingerprint density at radius 1 is 1.50 bits per heavy atom. The number of halogens is 2. The molecular formula is C11H12BrFN4O. The van der Waals surface area contributed by atoms with Crippen LogP contribution in [0.2, 0.25) is 0 Å². The topological polar surface area (TPSA) is 48.5 Å². The first-order chi connectivity index (χ1) is 8.65. The van der Waals surface area contributed by atoms with Crippen molar-refractivity contribution in [3.8, 4) is 0 Å². The van der Waals surface area contributed by atoms with Crippen LogP contribution >= 0.6 is 15.9 Å². The van der Waals surface area contributed by atoms with Gasteiger partial charge in [-0.2, -0.15) is 0 Å². The minimum atomic E-state index is -0.338.